The molecule has 2 aromatic rings. The average molecular weight is 382 g/mol. The first-order valence-corrected chi connectivity index (χ1v) is 9.70. The number of hydrogen-bond acceptors (Lipinski definition) is 6. The molecule has 0 bridgehead atoms. The summed E-state index contributed by atoms with van der Waals surface area (Å²) >= 11 is 0. The Balaban J connectivity index is 1.77. The lowest BCUT2D eigenvalue weighted by molar-refractivity contribution is 0.0978. The van der Waals surface area contributed by atoms with Gasteiger partial charge in [-0.1, -0.05) is 13.8 Å². The highest BCUT2D eigenvalue weighted by molar-refractivity contribution is 6.28. The van der Waals surface area contributed by atoms with Crippen LogP contribution >= 0.6 is 0 Å². The van der Waals surface area contributed by atoms with E-state index in [0.29, 0.717) is 47.0 Å². The van der Waals surface area contributed by atoms with Crippen molar-refractivity contribution >= 4 is 11.6 Å². The van der Waals surface area contributed by atoms with E-state index in [-0.39, 0.29) is 11.6 Å². The Labute approximate surface area is 165 Å². The molecule has 0 aliphatic heterocycles. The molecule has 0 unspecified atom stereocenters. The van der Waals surface area contributed by atoms with Crippen molar-refractivity contribution in [2.24, 2.45) is 0 Å². The summed E-state index contributed by atoms with van der Waals surface area (Å²) in [6, 6.07) is 10.1. The second-order valence-corrected chi connectivity index (χ2v) is 6.48. The molecule has 2 N–H and O–H groups in total. The fraction of sp³-hybridized carbons (Fsp3) is 0.364. The molecule has 0 saturated heterocycles. The summed E-state index contributed by atoms with van der Waals surface area (Å²) < 4.78 is 11.4. The van der Waals surface area contributed by atoms with E-state index in [2.05, 4.69) is 10.6 Å². The maximum atomic E-state index is 12.9. The fourth-order valence-electron chi connectivity index (χ4n) is 3.12. The van der Waals surface area contributed by atoms with E-state index in [9.17, 15) is 9.59 Å². The minimum atomic E-state index is -0.166. The number of ether oxygens (including phenoxy) is 2. The zero-order chi connectivity index (χ0) is 19.9. The topological polar surface area (TPSA) is 76.7 Å². The molecule has 0 saturated carbocycles. The van der Waals surface area contributed by atoms with Gasteiger partial charge in [0, 0.05) is 35.3 Å². The van der Waals surface area contributed by atoms with Crippen LogP contribution in [-0.4, -0.2) is 51.0 Å². The van der Waals surface area contributed by atoms with E-state index >= 15 is 0 Å². The number of benzene rings is 2. The van der Waals surface area contributed by atoms with E-state index in [1.54, 1.807) is 36.4 Å². The van der Waals surface area contributed by atoms with Gasteiger partial charge in [0.15, 0.2) is 11.6 Å². The highest BCUT2D eigenvalue weighted by Crippen LogP contribution is 2.31. The Kier molecular flexibility index (Phi) is 6.79. The number of nitrogens with one attached hydrogen (secondary N) is 2. The maximum absolute atomic E-state index is 12.9. The Morgan fingerprint density at radius 2 is 1.11 bits per heavy atom. The number of likely N-dealkylation sites (N-methyl/N-ethyl adjacent to an activating group) is 2. The minimum Gasteiger partial charge on any atom is -0.492 e. The zero-order valence-electron chi connectivity index (χ0n) is 16.3. The van der Waals surface area contributed by atoms with Crippen LogP contribution in [0.25, 0.3) is 0 Å². The molecule has 1 aliphatic carbocycles. The van der Waals surface area contributed by atoms with Crippen molar-refractivity contribution in [1.82, 2.24) is 10.6 Å². The Hall–Kier alpha value is -2.70. The largest absolute Gasteiger partial charge is 0.492 e. The van der Waals surface area contributed by atoms with Crippen molar-refractivity contribution in [3.63, 3.8) is 0 Å². The lowest BCUT2D eigenvalue weighted by Crippen LogP contribution is -2.23. The third-order valence-electron chi connectivity index (χ3n) is 4.56. The first kappa shape index (κ1) is 20.0. The van der Waals surface area contributed by atoms with Crippen LogP contribution in [-0.2, 0) is 0 Å². The van der Waals surface area contributed by atoms with E-state index in [1.165, 1.54) is 0 Å². The fourth-order valence-corrected chi connectivity index (χ4v) is 3.12. The second kappa shape index (κ2) is 9.48. The van der Waals surface area contributed by atoms with Gasteiger partial charge < -0.3 is 20.1 Å². The van der Waals surface area contributed by atoms with Gasteiger partial charge in [0.25, 0.3) is 0 Å². The van der Waals surface area contributed by atoms with Crippen LogP contribution in [0.15, 0.2) is 36.4 Å². The van der Waals surface area contributed by atoms with Crippen molar-refractivity contribution in [1.29, 1.82) is 0 Å². The highest BCUT2D eigenvalue weighted by atomic mass is 16.5. The van der Waals surface area contributed by atoms with Gasteiger partial charge in [0.05, 0.1) is 0 Å². The van der Waals surface area contributed by atoms with Crippen LogP contribution in [0, 0.1) is 0 Å². The molecule has 148 valence electrons. The summed E-state index contributed by atoms with van der Waals surface area (Å²) in [5, 5.41) is 6.35. The predicted octanol–water partition coefficient (Wildman–Crippen LogP) is 2.44. The van der Waals surface area contributed by atoms with Crippen LogP contribution in [0.4, 0.5) is 0 Å². The molecule has 0 heterocycles. The highest BCUT2D eigenvalue weighted by Gasteiger charge is 2.30. The minimum absolute atomic E-state index is 0.166. The van der Waals surface area contributed by atoms with Crippen molar-refractivity contribution in [2.75, 3.05) is 39.4 Å². The number of carbonyl (C=O) groups excluding carboxylic acids is 2. The molecular weight excluding hydrogens is 356 g/mol. The van der Waals surface area contributed by atoms with Crippen LogP contribution in [0.1, 0.15) is 45.7 Å². The van der Waals surface area contributed by atoms with Gasteiger partial charge in [-0.2, -0.15) is 0 Å². The summed E-state index contributed by atoms with van der Waals surface area (Å²) in [7, 11) is 0. The normalized spacial score (nSPS) is 12.5. The Morgan fingerprint density at radius 3 is 1.50 bits per heavy atom. The molecule has 0 amide bonds. The molecular formula is C22H26N2O4. The second-order valence-electron chi connectivity index (χ2n) is 6.48. The van der Waals surface area contributed by atoms with Crippen molar-refractivity contribution in [2.45, 2.75) is 13.8 Å². The van der Waals surface area contributed by atoms with Gasteiger partial charge >= 0.3 is 0 Å². The summed E-state index contributed by atoms with van der Waals surface area (Å²) in [5.41, 5.74) is 1.58. The predicted molar refractivity (Wildman–Crippen MR) is 108 cm³/mol. The number of rotatable bonds is 10. The molecule has 6 heteroatoms. The van der Waals surface area contributed by atoms with E-state index < -0.39 is 0 Å². The van der Waals surface area contributed by atoms with Crippen molar-refractivity contribution in [3.05, 3.63) is 58.7 Å². The Morgan fingerprint density at radius 1 is 0.679 bits per heavy atom. The molecule has 1 aliphatic rings. The van der Waals surface area contributed by atoms with Gasteiger partial charge in [0.2, 0.25) is 0 Å². The first-order valence-electron chi connectivity index (χ1n) is 9.70. The third-order valence-corrected chi connectivity index (χ3v) is 4.56. The molecule has 0 radical (unpaired) electrons. The number of ketones is 2. The molecule has 2 aromatic carbocycles. The van der Waals surface area contributed by atoms with E-state index in [0.717, 1.165) is 26.2 Å². The summed E-state index contributed by atoms with van der Waals surface area (Å²) in [4.78, 5) is 25.8. The summed E-state index contributed by atoms with van der Waals surface area (Å²) in [6.45, 7) is 8.24. The Bertz CT molecular complexity index is 792. The standard InChI is InChI=1S/C22H26N2O4/c1-3-23-9-11-27-15-5-7-17-19(13-15)21(25)18-8-6-16(14-20(18)22(17)26)28-12-10-24-4-2/h5-8,13-14,23-24H,3-4,9-12H2,1-2H3. The van der Waals surface area contributed by atoms with Gasteiger partial charge in [-0.15, -0.1) is 0 Å². The molecule has 0 atom stereocenters. The quantitative estimate of drug-likeness (QED) is 0.525. The lowest BCUT2D eigenvalue weighted by Gasteiger charge is -2.19. The average Bonchev–Trinajstić information content (AvgIpc) is 2.72. The van der Waals surface area contributed by atoms with Gasteiger partial charge in [-0.25, -0.2) is 0 Å². The van der Waals surface area contributed by atoms with Crippen molar-refractivity contribution < 1.29 is 19.1 Å². The van der Waals surface area contributed by atoms with E-state index in [4.69, 9.17) is 9.47 Å². The summed E-state index contributed by atoms with van der Waals surface area (Å²) in [5.74, 6) is 0.844. The van der Waals surface area contributed by atoms with Gasteiger partial charge in [-0.05, 0) is 49.5 Å². The van der Waals surface area contributed by atoms with Gasteiger partial charge in [0.1, 0.15) is 24.7 Å². The summed E-state index contributed by atoms with van der Waals surface area (Å²) in [6.07, 6.45) is 0. The number of carbonyl (C=O) groups is 2. The maximum Gasteiger partial charge on any atom is 0.194 e. The van der Waals surface area contributed by atoms with E-state index in [1.807, 2.05) is 13.8 Å². The molecule has 3 rings (SSSR count). The number of hydrogen-bond donors (Lipinski definition) is 2. The van der Waals surface area contributed by atoms with Crippen molar-refractivity contribution in [3.8, 4) is 11.5 Å². The van der Waals surface area contributed by atoms with Crippen LogP contribution in [0.5, 0.6) is 11.5 Å². The molecule has 28 heavy (non-hydrogen) atoms. The van der Waals surface area contributed by atoms with Crippen LogP contribution in [0.3, 0.4) is 0 Å². The van der Waals surface area contributed by atoms with Gasteiger partial charge in [-0.3, -0.25) is 9.59 Å². The molecule has 0 aromatic heterocycles. The monoisotopic (exact) mass is 382 g/mol. The smallest absolute Gasteiger partial charge is 0.194 e. The number of fused-ring (bicyclic) bond motifs is 2. The third kappa shape index (κ3) is 4.40. The SMILES string of the molecule is CCNCCOc1ccc2c(c1)C(=O)c1ccc(OCCNCC)cc1C2=O. The van der Waals surface area contributed by atoms with Crippen LogP contribution < -0.4 is 20.1 Å². The molecule has 0 spiro atoms. The lowest BCUT2D eigenvalue weighted by atomic mass is 9.84. The first-order chi connectivity index (χ1) is 13.7. The molecule has 6 nitrogen and oxygen atoms in total. The van der Waals surface area contributed by atoms with Crippen LogP contribution in [0.2, 0.25) is 0 Å². The molecule has 0 fully saturated rings. The zero-order valence-corrected chi connectivity index (χ0v) is 16.3.